The number of para-hydroxylation sites is 1. The number of fused-ring (bicyclic) bond motifs is 1. The van der Waals surface area contributed by atoms with Gasteiger partial charge in [-0.3, -0.25) is 14.2 Å². The monoisotopic (exact) mass is 347 g/mol. The fourth-order valence-corrected chi connectivity index (χ4v) is 2.77. The summed E-state index contributed by atoms with van der Waals surface area (Å²) >= 11 is 11.8. The third kappa shape index (κ3) is 3.09. The molecule has 0 spiro atoms. The molecular weight excluding hydrogens is 337 g/mol. The van der Waals surface area contributed by atoms with Gasteiger partial charge in [-0.2, -0.15) is 0 Å². The lowest BCUT2D eigenvalue weighted by atomic mass is 10.2. The largest absolute Gasteiger partial charge is 0.482 e. The fourth-order valence-electron chi connectivity index (χ4n) is 2.31. The lowest BCUT2D eigenvalue weighted by Crippen LogP contribution is -2.18. The molecule has 3 aromatic rings. The van der Waals surface area contributed by atoms with Gasteiger partial charge in [0.1, 0.15) is 5.75 Å². The molecule has 0 N–H and O–H groups in total. The zero-order chi connectivity index (χ0) is 16.4. The van der Waals surface area contributed by atoms with Crippen molar-refractivity contribution < 1.29 is 14.3 Å². The second-order valence-electron chi connectivity index (χ2n) is 4.85. The van der Waals surface area contributed by atoms with E-state index in [0.29, 0.717) is 26.9 Å². The van der Waals surface area contributed by atoms with Gasteiger partial charge >= 0.3 is 0 Å². The van der Waals surface area contributed by atoms with Crippen molar-refractivity contribution >= 4 is 46.3 Å². The first-order valence-electron chi connectivity index (χ1n) is 6.76. The Hall–Kier alpha value is -2.30. The number of carbonyl (C=O) groups excluding carboxylic acids is 2. The van der Waals surface area contributed by atoms with Gasteiger partial charge in [0.2, 0.25) is 0 Å². The molecule has 0 aliphatic heterocycles. The molecule has 0 saturated carbocycles. The predicted octanol–water partition coefficient (Wildman–Crippen LogP) is 4.48. The zero-order valence-electron chi connectivity index (χ0n) is 11.8. The third-order valence-corrected chi connectivity index (χ3v) is 3.91. The van der Waals surface area contributed by atoms with Crippen molar-refractivity contribution in [2.75, 3.05) is 6.61 Å². The number of halogens is 2. The van der Waals surface area contributed by atoms with E-state index in [9.17, 15) is 9.59 Å². The summed E-state index contributed by atoms with van der Waals surface area (Å²) in [5, 5.41) is 1.54. The fraction of sp³-hybridized carbons (Fsp3) is 0.0588. The number of rotatable bonds is 4. The minimum absolute atomic E-state index is 0.210. The van der Waals surface area contributed by atoms with Gasteiger partial charge in [-0.25, -0.2) is 0 Å². The first-order chi connectivity index (χ1) is 11.1. The number of aldehydes is 1. The van der Waals surface area contributed by atoms with Gasteiger partial charge in [0, 0.05) is 22.2 Å². The number of hydrogen-bond acceptors (Lipinski definition) is 3. The molecule has 0 aliphatic rings. The average Bonchev–Trinajstić information content (AvgIpc) is 2.93. The molecule has 0 unspecified atom stereocenters. The maximum atomic E-state index is 12.4. The van der Waals surface area contributed by atoms with Gasteiger partial charge in [0.05, 0.1) is 10.5 Å². The van der Waals surface area contributed by atoms with Crippen LogP contribution in [0.2, 0.25) is 10.0 Å². The van der Waals surface area contributed by atoms with Gasteiger partial charge in [-0.15, -0.1) is 0 Å². The summed E-state index contributed by atoms with van der Waals surface area (Å²) in [6, 6.07) is 11.9. The molecule has 1 aromatic heterocycles. The Morgan fingerprint density at radius 1 is 1.17 bits per heavy atom. The number of hydrogen-bond donors (Lipinski definition) is 0. The van der Waals surface area contributed by atoms with Crippen molar-refractivity contribution in [3.05, 3.63) is 64.3 Å². The van der Waals surface area contributed by atoms with E-state index in [0.717, 1.165) is 11.7 Å². The molecule has 2 aromatic carbocycles. The highest BCUT2D eigenvalue weighted by Gasteiger charge is 2.14. The molecule has 3 rings (SSSR count). The minimum atomic E-state index is -0.305. The Bertz CT molecular complexity index is 902. The van der Waals surface area contributed by atoms with Crippen LogP contribution in [-0.4, -0.2) is 23.4 Å². The van der Waals surface area contributed by atoms with E-state index in [1.165, 1.54) is 10.8 Å². The number of nitrogens with zero attached hydrogens (tertiary/aromatic N) is 1. The highest BCUT2D eigenvalue weighted by Crippen LogP contribution is 2.27. The molecular formula is C17H11Cl2NO3. The van der Waals surface area contributed by atoms with E-state index in [-0.39, 0.29) is 12.5 Å². The number of ether oxygens (including phenoxy) is 1. The van der Waals surface area contributed by atoms with Crippen molar-refractivity contribution in [1.82, 2.24) is 4.57 Å². The third-order valence-electron chi connectivity index (χ3n) is 3.38. The smallest absolute Gasteiger partial charge is 0.269 e. The molecule has 1 heterocycles. The van der Waals surface area contributed by atoms with Crippen LogP contribution in [-0.2, 0) is 0 Å². The summed E-state index contributed by atoms with van der Waals surface area (Å²) in [5.74, 6) is 0.0665. The standard InChI is InChI=1S/C17H11Cl2NO3/c18-12-5-6-16(14(19)7-12)23-10-17(22)20-8-11(9-21)13-3-1-2-4-15(13)20/h1-9H,10H2. The Balaban J connectivity index is 1.85. The molecule has 23 heavy (non-hydrogen) atoms. The van der Waals surface area contributed by atoms with Crippen LogP contribution in [0.1, 0.15) is 15.2 Å². The Kier molecular flexibility index (Phi) is 4.37. The summed E-state index contributed by atoms with van der Waals surface area (Å²) in [7, 11) is 0. The average molecular weight is 348 g/mol. The lowest BCUT2D eigenvalue weighted by Gasteiger charge is -2.08. The Labute approximate surface area is 142 Å². The van der Waals surface area contributed by atoms with E-state index in [2.05, 4.69) is 0 Å². The molecule has 0 saturated heterocycles. The van der Waals surface area contributed by atoms with Gasteiger partial charge in [0.25, 0.3) is 5.91 Å². The van der Waals surface area contributed by atoms with Crippen LogP contribution in [0, 0.1) is 0 Å². The van der Waals surface area contributed by atoms with E-state index >= 15 is 0 Å². The maximum Gasteiger partial charge on any atom is 0.269 e. The molecule has 6 heteroatoms. The summed E-state index contributed by atoms with van der Waals surface area (Å²) in [6.07, 6.45) is 2.23. The van der Waals surface area contributed by atoms with Crippen LogP contribution in [0.4, 0.5) is 0 Å². The van der Waals surface area contributed by atoms with Crippen LogP contribution < -0.4 is 4.74 Å². The van der Waals surface area contributed by atoms with Crippen LogP contribution >= 0.6 is 23.2 Å². The number of aromatic nitrogens is 1. The van der Waals surface area contributed by atoms with Crippen LogP contribution in [0.25, 0.3) is 10.9 Å². The SMILES string of the molecule is O=Cc1cn(C(=O)COc2ccc(Cl)cc2Cl)c2ccccc12. The van der Waals surface area contributed by atoms with Crippen molar-refractivity contribution in [2.45, 2.75) is 0 Å². The van der Waals surface area contributed by atoms with Gasteiger partial charge in [-0.05, 0) is 24.3 Å². The van der Waals surface area contributed by atoms with Gasteiger partial charge < -0.3 is 4.74 Å². The molecule has 116 valence electrons. The van der Waals surface area contributed by atoms with Crippen LogP contribution in [0.3, 0.4) is 0 Å². The number of carbonyl (C=O) groups is 2. The summed E-state index contributed by atoms with van der Waals surface area (Å²) < 4.78 is 6.86. The van der Waals surface area contributed by atoms with E-state index in [4.69, 9.17) is 27.9 Å². The second kappa shape index (κ2) is 6.44. The Morgan fingerprint density at radius 3 is 2.70 bits per heavy atom. The molecule has 0 amide bonds. The summed E-state index contributed by atoms with van der Waals surface area (Å²) in [4.78, 5) is 23.5. The molecule has 0 atom stereocenters. The zero-order valence-corrected chi connectivity index (χ0v) is 13.3. The van der Waals surface area contributed by atoms with Crippen LogP contribution in [0.5, 0.6) is 5.75 Å². The molecule has 0 radical (unpaired) electrons. The van der Waals surface area contributed by atoms with E-state index < -0.39 is 0 Å². The lowest BCUT2D eigenvalue weighted by molar-refractivity contribution is 0.0843. The molecule has 4 nitrogen and oxygen atoms in total. The van der Waals surface area contributed by atoms with Crippen LogP contribution in [0.15, 0.2) is 48.7 Å². The maximum absolute atomic E-state index is 12.4. The van der Waals surface area contributed by atoms with Crippen molar-refractivity contribution in [3.63, 3.8) is 0 Å². The van der Waals surface area contributed by atoms with Crippen molar-refractivity contribution in [1.29, 1.82) is 0 Å². The number of benzene rings is 2. The first-order valence-corrected chi connectivity index (χ1v) is 7.52. The van der Waals surface area contributed by atoms with Crippen molar-refractivity contribution in [3.8, 4) is 5.75 Å². The summed E-state index contributed by atoms with van der Waals surface area (Å²) in [5.41, 5.74) is 1.11. The normalized spacial score (nSPS) is 10.7. The Morgan fingerprint density at radius 2 is 1.96 bits per heavy atom. The van der Waals surface area contributed by atoms with Gasteiger partial charge in [-0.1, -0.05) is 41.4 Å². The summed E-state index contributed by atoms with van der Waals surface area (Å²) in [6.45, 7) is -0.210. The minimum Gasteiger partial charge on any atom is -0.482 e. The highest BCUT2D eigenvalue weighted by atomic mass is 35.5. The highest BCUT2D eigenvalue weighted by molar-refractivity contribution is 6.35. The van der Waals surface area contributed by atoms with E-state index in [1.54, 1.807) is 36.4 Å². The van der Waals surface area contributed by atoms with Crippen molar-refractivity contribution in [2.24, 2.45) is 0 Å². The second-order valence-corrected chi connectivity index (χ2v) is 5.69. The topological polar surface area (TPSA) is 48.3 Å². The molecule has 0 fully saturated rings. The quantitative estimate of drug-likeness (QED) is 0.653. The van der Waals surface area contributed by atoms with E-state index in [1.807, 2.05) is 6.07 Å². The van der Waals surface area contributed by atoms with Gasteiger partial charge in [0.15, 0.2) is 12.9 Å². The first kappa shape index (κ1) is 15.6. The predicted molar refractivity (Wildman–Crippen MR) is 89.9 cm³/mol. The molecule has 0 bridgehead atoms. The molecule has 0 aliphatic carbocycles.